The number of aryl methyl sites for hydroxylation is 1. The van der Waals surface area contributed by atoms with E-state index in [0.29, 0.717) is 0 Å². The van der Waals surface area contributed by atoms with Gasteiger partial charge >= 0.3 is 0 Å². The summed E-state index contributed by atoms with van der Waals surface area (Å²) < 4.78 is 0. The number of hydrogen-bond acceptors (Lipinski definition) is 1. The molecule has 80 valence electrons. The lowest BCUT2D eigenvalue weighted by atomic mass is 10.2. The molecule has 0 unspecified atom stereocenters. The Balaban J connectivity index is 2.00. The lowest BCUT2D eigenvalue weighted by Gasteiger charge is -2.00. The van der Waals surface area contributed by atoms with Crippen LogP contribution in [0.15, 0.2) is 59.6 Å². The van der Waals surface area contributed by atoms with E-state index in [1.165, 1.54) is 5.56 Å². The third-order valence-electron chi connectivity index (χ3n) is 2.22. The van der Waals surface area contributed by atoms with E-state index in [0.717, 1.165) is 11.4 Å². The van der Waals surface area contributed by atoms with E-state index >= 15 is 0 Å². The fraction of sp³-hybridized carbons (Fsp3) is 0.0714. The molecule has 0 atom stereocenters. The lowest BCUT2D eigenvalue weighted by Crippen LogP contribution is -1.93. The van der Waals surface area contributed by atoms with Gasteiger partial charge in [0.1, 0.15) is 0 Å². The van der Waals surface area contributed by atoms with Crippen LogP contribution in [0.3, 0.4) is 0 Å². The quantitative estimate of drug-likeness (QED) is 0.605. The second-order valence-electron chi connectivity index (χ2n) is 3.61. The minimum atomic E-state index is 0.947. The van der Waals surface area contributed by atoms with Gasteiger partial charge in [0, 0.05) is 5.69 Å². The van der Waals surface area contributed by atoms with Gasteiger partial charge in [-0.3, -0.25) is 0 Å². The van der Waals surface area contributed by atoms with Crippen molar-refractivity contribution >= 4 is 17.7 Å². The Morgan fingerprint density at radius 3 is 2.56 bits per heavy atom. The van der Waals surface area contributed by atoms with E-state index < -0.39 is 0 Å². The van der Waals surface area contributed by atoms with Gasteiger partial charge in [0.25, 0.3) is 0 Å². The number of para-hydroxylation sites is 1. The Morgan fingerprint density at radius 1 is 1.00 bits per heavy atom. The Morgan fingerprint density at radius 2 is 1.81 bits per heavy atom. The molecule has 0 fully saturated rings. The van der Waals surface area contributed by atoms with E-state index in [2.05, 4.69) is 29.4 Å². The van der Waals surface area contributed by atoms with Crippen LogP contribution in [-0.4, -0.2) is 6.34 Å². The maximum atomic E-state index is 4.30. The average molecular weight is 210 g/mol. The first kappa shape index (κ1) is 10.4. The number of benzene rings is 2. The van der Waals surface area contributed by atoms with Crippen molar-refractivity contribution in [1.82, 2.24) is 0 Å². The largest absolute Gasteiger partial charge is 0.346 e. The zero-order valence-corrected chi connectivity index (χ0v) is 9.22. The number of hydrogen-bond donors (Lipinski definition) is 1. The molecule has 0 saturated carbocycles. The molecule has 0 radical (unpaired) electrons. The van der Waals surface area contributed by atoms with E-state index in [4.69, 9.17) is 0 Å². The van der Waals surface area contributed by atoms with Gasteiger partial charge in [-0.1, -0.05) is 30.3 Å². The summed E-state index contributed by atoms with van der Waals surface area (Å²) >= 11 is 0. The second kappa shape index (κ2) is 5.12. The summed E-state index contributed by atoms with van der Waals surface area (Å²) in [7, 11) is 0. The molecule has 0 amide bonds. The van der Waals surface area contributed by atoms with Crippen LogP contribution in [0.4, 0.5) is 11.4 Å². The van der Waals surface area contributed by atoms with E-state index in [1.54, 1.807) is 6.34 Å². The molecule has 2 heteroatoms. The molecule has 0 aliphatic rings. The van der Waals surface area contributed by atoms with Crippen LogP contribution in [0.25, 0.3) is 0 Å². The third kappa shape index (κ3) is 2.95. The van der Waals surface area contributed by atoms with Crippen LogP contribution < -0.4 is 5.32 Å². The maximum absolute atomic E-state index is 4.30. The van der Waals surface area contributed by atoms with Gasteiger partial charge in [-0.15, -0.1) is 0 Å². The maximum Gasteiger partial charge on any atom is 0.0930 e. The van der Waals surface area contributed by atoms with E-state index in [-0.39, 0.29) is 0 Å². The molecular weight excluding hydrogens is 196 g/mol. The fourth-order valence-corrected chi connectivity index (χ4v) is 1.43. The van der Waals surface area contributed by atoms with Crippen LogP contribution in [-0.2, 0) is 0 Å². The smallest absolute Gasteiger partial charge is 0.0930 e. The molecule has 2 rings (SSSR count). The summed E-state index contributed by atoms with van der Waals surface area (Å²) in [4.78, 5) is 4.30. The Hall–Kier alpha value is -2.09. The molecule has 16 heavy (non-hydrogen) atoms. The fourth-order valence-electron chi connectivity index (χ4n) is 1.43. The summed E-state index contributed by atoms with van der Waals surface area (Å²) in [6.07, 6.45) is 1.71. The number of aliphatic imine (C=N–C) groups is 1. The molecule has 0 aliphatic heterocycles. The molecule has 0 aliphatic carbocycles. The van der Waals surface area contributed by atoms with Crippen LogP contribution in [0.1, 0.15) is 5.56 Å². The predicted octanol–water partition coefficient (Wildman–Crippen LogP) is 3.77. The number of nitrogens with zero attached hydrogens (tertiary/aromatic N) is 1. The zero-order valence-electron chi connectivity index (χ0n) is 9.22. The van der Waals surface area contributed by atoms with Crippen LogP contribution >= 0.6 is 0 Å². The highest BCUT2D eigenvalue weighted by molar-refractivity contribution is 5.77. The van der Waals surface area contributed by atoms with Gasteiger partial charge in [0.05, 0.1) is 12.0 Å². The molecule has 0 spiro atoms. The van der Waals surface area contributed by atoms with Crippen molar-refractivity contribution in [2.24, 2.45) is 4.99 Å². The molecule has 0 saturated heterocycles. The topological polar surface area (TPSA) is 24.4 Å². The highest BCUT2D eigenvalue weighted by atomic mass is 14.9. The van der Waals surface area contributed by atoms with Crippen molar-refractivity contribution in [3.05, 3.63) is 60.2 Å². The van der Waals surface area contributed by atoms with Gasteiger partial charge in [-0.25, -0.2) is 4.99 Å². The van der Waals surface area contributed by atoms with Gasteiger partial charge in [0.2, 0.25) is 0 Å². The normalized spacial score (nSPS) is 10.6. The van der Waals surface area contributed by atoms with Crippen LogP contribution in [0.2, 0.25) is 0 Å². The minimum absolute atomic E-state index is 0.947. The Labute approximate surface area is 95.7 Å². The SMILES string of the molecule is Cc1cccc(NC=Nc2ccccc2)c1. The summed E-state index contributed by atoms with van der Waals surface area (Å²) in [5.41, 5.74) is 3.24. The molecule has 0 aromatic heterocycles. The van der Waals surface area contributed by atoms with Gasteiger partial charge < -0.3 is 5.32 Å². The van der Waals surface area contributed by atoms with Crippen LogP contribution in [0.5, 0.6) is 0 Å². The summed E-state index contributed by atoms with van der Waals surface area (Å²) in [5, 5.41) is 3.14. The van der Waals surface area contributed by atoms with Gasteiger partial charge in [-0.05, 0) is 36.8 Å². The predicted molar refractivity (Wildman–Crippen MR) is 69.4 cm³/mol. The highest BCUT2D eigenvalue weighted by Crippen LogP contribution is 2.10. The van der Waals surface area contributed by atoms with Crippen molar-refractivity contribution in [2.45, 2.75) is 6.92 Å². The number of nitrogens with one attached hydrogen (secondary N) is 1. The van der Waals surface area contributed by atoms with Crippen molar-refractivity contribution in [3.63, 3.8) is 0 Å². The molecule has 0 heterocycles. The standard InChI is InChI=1S/C14H14N2/c1-12-6-5-9-14(10-12)16-11-15-13-7-3-2-4-8-13/h2-11H,1H3,(H,15,16). The van der Waals surface area contributed by atoms with E-state index in [1.807, 2.05) is 42.5 Å². The molecule has 2 nitrogen and oxygen atoms in total. The highest BCUT2D eigenvalue weighted by Gasteiger charge is 1.88. The zero-order chi connectivity index (χ0) is 11.2. The molecule has 1 N–H and O–H groups in total. The van der Waals surface area contributed by atoms with Crippen molar-refractivity contribution in [2.75, 3.05) is 5.32 Å². The first-order valence-corrected chi connectivity index (χ1v) is 5.25. The first-order chi connectivity index (χ1) is 7.84. The minimum Gasteiger partial charge on any atom is -0.346 e. The average Bonchev–Trinajstić information content (AvgIpc) is 2.30. The Bertz CT molecular complexity index is 475. The number of rotatable bonds is 3. The third-order valence-corrected chi connectivity index (χ3v) is 2.22. The molecule has 0 bridgehead atoms. The van der Waals surface area contributed by atoms with E-state index in [9.17, 15) is 0 Å². The molecule has 2 aromatic rings. The molecule has 2 aromatic carbocycles. The van der Waals surface area contributed by atoms with Crippen molar-refractivity contribution in [1.29, 1.82) is 0 Å². The Kier molecular flexibility index (Phi) is 3.34. The summed E-state index contributed by atoms with van der Waals surface area (Å²) in [5.74, 6) is 0. The second-order valence-corrected chi connectivity index (χ2v) is 3.61. The number of anilines is 1. The lowest BCUT2D eigenvalue weighted by molar-refractivity contribution is 1.46. The van der Waals surface area contributed by atoms with Crippen LogP contribution in [0, 0.1) is 6.92 Å². The summed E-state index contributed by atoms with van der Waals surface area (Å²) in [6.45, 7) is 2.07. The molecular formula is C14H14N2. The monoisotopic (exact) mass is 210 g/mol. The van der Waals surface area contributed by atoms with Crippen molar-refractivity contribution < 1.29 is 0 Å². The summed E-state index contributed by atoms with van der Waals surface area (Å²) in [6, 6.07) is 18.0. The van der Waals surface area contributed by atoms with Crippen molar-refractivity contribution in [3.8, 4) is 0 Å². The van der Waals surface area contributed by atoms with Gasteiger partial charge in [-0.2, -0.15) is 0 Å². The van der Waals surface area contributed by atoms with Gasteiger partial charge in [0.15, 0.2) is 0 Å². The first-order valence-electron chi connectivity index (χ1n) is 5.25.